The van der Waals surface area contributed by atoms with Crippen LogP contribution in [0.2, 0.25) is 6.04 Å². The number of rotatable bonds is 9. The van der Waals surface area contributed by atoms with Crippen LogP contribution in [0, 0.1) is 0 Å². The van der Waals surface area contributed by atoms with E-state index in [1.54, 1.807) is 21.3 Å². The van der Waals surface area contributed by atoms with Crippen LogP contribution in [0.3, 0.4) is 0 Å². The maximum Gasteiger partial charge on any atom is 0.500 e. The van der Waals surface area contributed by atoms with Crippen molar-refractivity contribution < 1.29 is 13.3 Å². The van der Waals surface area contributed by atoms with Crippen molar-refractivity contribution in [2.45, 2.75) is 25.8 Å². The second-order valence-electron chi connectivity index (χ2n) is 5.08. The van der Waals surface area contributed by atoms with Crippen LogP contribution in [-0.2, 0) is 13.3 Å². The van der Waals surface area contributed by atoms with Gasteiger partial charge in [-0.1, -0.05) is 6.92 Å². The lowest BCUT2D eigenvalue weighted by Crippen LogP contribution is -2.47. The third-order valence-electron chi connectivity index (χ3n) is 3.90. The predicted octanol–water partition coefficient (Wildman–Crippen LogP) is 1.28. The Morgan fingerprint density at radius 3 is 1.74 bits per heavy atom. The van der Waals surface area contributed by atoms with Gasteiger partial charge in [-0.05, 0) is 25.9 Å². The molecular weight excluding hydrogens is 260 g/mol. The highest BCUT2D eigenvalue weighted by atomic mass is 28.4. The lowest BCUT2D eigenvalue weighted by atomic mass is 10.3. The molecule has 0 amide bonds. The summed E-state index contributed by atoms with van der Waals surface area (Å²) in [7, 11) is 2.68. The minimum atomic E-state index is -2.37. The van der Waals surface area contributed by atoms with Crippen LogP contribution in [0.4, 0.5) is 0 Å². The smallest absolute Gasteiger partial charge is 0.377 e. The van der Waals surface area contributed by atoms with Gasteiger partial charge in [0.25, 0.3) is 0 Å². The van der Waals surface area contributed by atoms with Gasteiger partial charge < -0.3 is 23.1 Å². The average Bonchev–Trinajstić information content (AvgIpc) is 2.46. The predicted molar refractivity (Wildman–Crippen MR) is 79.4 cm³/mol. The monoisotopic (exact) mass is 290 g/mol. The first-order chi connectivity index (χ1) is 9.19. The van der Waals surface area contributed by atoms with Gasteiger partial charge in [-0.25, -0.2) is 0 Å². The molecule has 0 atom stereocenters. The molecule has 1 fully saturated rings. The van der Waals surface area contributed by atoms with Crippen LogP contribution in [0.5, 0.6) is 0 Å². The maximum atomic E-state index is 5.44. The van der Waals surface area contributed by atoms with Crippen molar-refractivity contribution in [3.8, 4) is 0 Å². The molecule has 1 aliphatic rings. The molecule has 1 rings (SSSR count). The second-order valence-corrected chi connectivity index (χ2v) is 8.17. The van der Waals surface area contributed by atoms with E-state index in [0.29, 0.717) is 0 Å². The number of nitrogens with zero attached hydrogens (tertiary/aromatic N) is 2. The molecular formula is C13H30N2O3Si. The van der Waals surface area contributed by atoms with Crippen LogP contribution in [0.1, 0.15) is 19.8 Å². The van der Waals surface area contributed by atoms with Crippen molar-refractivity contribution in [1.82, 2.24) is 9.80 Å². The number of hydrogen-bond acceptors (Lipinski definition) is 5. The number of hydrogen-bond donors (Lipinski definition) is 0. The fourth-order valence-corrected chi connectivity index (χ4v) is 4.33. The first kappa shape index (κ1) is 17.1. The van der Waals surface area contributed by atoms with Crippen LogP contribution in [0.25, 0.3) is 0 Å². The highest BCUT2D eigenvalue weighted by molar-refractivity contribution is 6.60. The molecule has 0 aliphatic carbocycles. The maximum absolute atomic E-state index is 5.44. The van der Waals surface area contributed by atoms with Gasteiger partial charge in [-0.15, -0.1) is 0 Å². The molecule has 19 heavy (non-hydrogen) atoms. The summed E-state index contributed by atoms with van der Waals surface area (Å²) >= 11 is 0. The molecule has 1 heterocycles. The SMILES string of the molecule is CCCN1CCN(CCC[Si](OC)(OC)OC)CC1. The summed E-state index contributed by atoms with van der Waals surface area (Å²) in [6.07, 6.45) is 2.33. The Morgan fingerprint density at radius 2 is 1.32 bits per heavy atom. The zero-order valence-corrected chi connectivity index (χ0v) is 14.0. The van der Waals surface area contributed by atoms with Gasteiger partial charge in [-0.3, -0.25) is 0 Å². The van der Waals surface area contributed by atoms with E-state index in [9.17, 15) is 0 Å². The Kier molecular flexibility index (Phi) is 8.13. The molecule has 0 radical (unpaired) electrons. The normalized spacial score (nSPS) is 18.9. The Morgan fingerprint density at radius 1 is 0.842 bits per heavy atom. The summed E-state index contributed by atoms with van der Waals surface area (Å²) < 4.78 is 16.3. The zero-order chi connectivity index (χ0) is 14.1. The molecule has 0 saturated carbocycles. The molecule has 0 aromatic rings. The van der Waals surface area contributed by atoms with Crippen LogP contribution in [-0.4, -0.2) is 79.2 Å². The van der Waals surface area contributed by atoms with E-state index in [-0.39, 0.29) is 0 Å². The topological polar surface area (TPSA) is 34.2 Å². The lowest BCUT2D eigenvalue weighted by Gasteiger charge is -2.35. The molecule has 0 unspecified atom stereocenters. The van der Waals surface area contributed by atoms with E-state index < -0.39 is 8.80 Å². The van der Waals surface area contributed by atoms with Crippen LogP contribution >= 0.6 is 0 Å². The fraction of sp³-hybridized carbons (Fsp3) is 1.00. The van der Waals surface area contributed by atoms with Gasteiger partial charge in [-0.2, -0.15) is 0 Å². The third-order valence-corrected chi connectivity index (χ3v) is 6.73. The zero-order valence-electron chi connectivity index (χ0n) is 13.0. The van der Waals surface area contributed by atoms with E-state index in [1.807, 2.05) is 0 Å². The van der Waals surface area contributed by atoms with E-state index in [4.69, 9.17) is 13.3 Å². The first-order valence-corrected chi connectivity index (χ1v) is 9.23. The van der Waals surface area contributed by atoms with Crippen molar-refractivity contribution in [2.75, 3.05) is 60.6 Å². The summed E-state index contributed by atoms with van der Waals surface area (Å²) in [6, 6.07) is 0.895. The fourth-order valence-electron chi connectivity index (χ4n) is 2.63. The molecule has 0 N–H and O–H groups in total. The second kappa shape index (κ2) is 9.04. The van der Waals surface area contributed by atoms with Crippen LogP contribution < -0.4 is 0 Å². The molecule has 5 nitrogen and oxygen atoms in total. The number of piperazine rings is 1. The molecule has 0 spiro atoms. The minimum absolute atomic E-state index is 0.895. The highest BCUT2D eigenvalue weighted by Crippen LogP contribution is 2.15. The standard InChI is InChI=1S/C13H30N2O3Si/c1-5-7-14-9-11-15(12-10-14)8-6-13-19(16-2,17-3)18-4/h5-13H2,1-4H3. The van der Waals surface area contributed by atoms with E-state index >= 15 is 0 Å². The van der Waals surface area contributed by atoms with Crippen molar-refractivity contribution in [1.29, 1.82) is 0 Å². The Hall–Kier alpha value is 0.0169. The van der Waals surface area contributed by atoms with Crippen molar-refractivity contribution in [3.05, 3.63) is 0 Å². The average molecular weight is 290 g/mol. The van der Waals surface area contributed by atoms with Gasteiger partial charge in [0.05, 0.1) is 0 Å². The molecule has 6 heteroatoms. The summed E-state index contributed by atoms with van der Waals surface area (Å²) in [6.45, 7) is 9.37. The Bertz CT molecular complexity index is 224. The Balaban J connectivity index is 2.20. The summed E-state index contributed by atoms with van der Waals surface area (Å²) in [5.74, 6) is 0. The summed E-state index contributed by atoms with van der Waals surface area (Å²) in [5.41, 5.74) is 0. The molecule has 1 saturated heterocycles. The molecule has 0 aromatic carbocycles. The van der Waals surface area contributed by atoms with Crippen molar-refractivity contribution in [3.63, 3.8) is 0 Å². The van der Waals surface area contributed by atoms with Gasteiger partial charge >= 0.3 is 8.80 Å². The van der Waals surface area contributed by atoms with E-state index in [0.717, 1.165) is 19.0 Å². The van der Waals surface area contributed by atoms with Gasteiger partial charge in [0.1, 0.15) is 0 Å². The van der Waals surface area contributed by atoms with Gasteiger partial charge in [0.15, 0.2) is 0 Å². The highest BCUT2D eigenvalue weighted by Gasteiger charge is 2.37. The largest absolute Gasteiger partial charge is 0.500 e. The van der Waals surface area contributed by atoms with E-state index in [2.05, 4.69) is 16.7 Å². The summed E-state index contributed by atoms with van der Waals surface area (Å²) in [5, 5.41) is 0. The molecule has 114 valence electrons. The van der Waals surface area contributed by atoms with E-state index in [1.165, 1.54) is 39.1 Å². The lowest BCUT2D eigenvalue weighted by molar-refractivity contribution is 0.114. The first-order valence-electron chi connectivity index (χ1n) is 7.30. The molecule has 0 aromatic heterocycles. The Labute approximate surface area is 119 Å². The van der Waals surface area contributed by atoms with Crippen molar-refractivity contribution >= 4 is 8.80 Å². The van der Waals surface area contributed by atoms with Gasteiger partial charge in [0.2, 0.25) is 0 Å². The molecule has 0 bridgehead atoms. The molecule has 1 aliphatic heterocycles. The summed E-state index contributed by atoms with van der Waals surface area (Å²) in [4.78, 5) is 5.08. The third kappa shape index (κ3) is 5.49. The van der Waals surface area contributed by atoms with Crippen molar-refractivity contribution in [2.24, 2.45) is 0 Å². The van der Waals surface area contributed by atoms with Crippen LogP contribution in [0.15, 0.2) is 0 Å². The minimum Gasteiger partial charge on any atom is -0.377 e. The quantitative estimate of drug-likeness (QED) is 0.598. The van der Waals surface area contributed by atoms with Gasteiger partial charge in [0, 0.05) is 53.6 Å².